The maximum atomic E-state index is 14.2. The summed E-state index contributed by atoms with van der Waals surface area (Å²) >= 11 is 0. The fourth-order valence-corrected chi connectivity index (χ4v) is 3.13. The molecule has 0 fully saturated rings. The van der Waals surface area contributed by atoms with Crippen LogP contribution in [0.5, 0.6) is 0 Å². The number of anilines is 1. The molecule has 1 unspecified atom stereocenters. The van der Waals surface area contributed by atoms with Gasteiger partial charge in [0.25, 0.3) is 0 Å². The molecule has 0 radical (unpaired) electrons. The van der Waals surface area contributed by atoms with Gasteiger partial charge in [0, 0.05) is 5.56 Å². The molecule has 0 spiro atoms. The number of ketones is 1. The first-order chi connectivity index (χ1) is 16.1. The number of carbonyl (C=O) groups excluding carboxylic acids is 2. The predicted octanol–water partition coefficient (Wildman–Crippen LogP) is 5.65. The molecule has 0 amide bonds. The van der Waals surface area contributed by atoms with E-state index in [1.54, 1.807) is 62.4 Å². The van der Waals surface area contributed by atoms with E-state index in [2.05, 4.69) is 10.3 Å². The van der Waals surface area contributed by atoms with Crippen LogP contribution in [0.25, 0.3) is 0 Å². The molecular weight excluding hydrogens is 452 g/mol. The summed E-state index contributed by atoms with van der Waals surface area (Å²) in [5, 5.41) is 2.62. The van der Waals surface area contributed by atoms with Gasteiger partial charge in [0.2, 0.25) is 5.78 Å². The van der Waals surface area contributed by atoms with Crippen LogP contribution in [0.2, 0.25) is 0 Å². The fourth-order valence-electron chi connectivity index (χ4n) is 3.13. The number of nitrogens with one attached hydrogen (secondary N) is 1. The highest BCUT2D eigenvalue weighted by Crippen LogP contribution is 2.31. The third kappa shape index (κ3) is 6.18. The first-order valence-corrected chi connectivity index (χ1v) is 10.4. The van der Waals surface area contributed by atoms with Gasteiger partial charge in [0.1, 0.15) is 24.2 Å². The van der Waals surface area contributed by atoms with Crippen molar-refractivity contribution in [1.82, 2.24) is 4.98 Å². The number of carbonyl (C=O) groups is 2. The minimum atomic E-state index is -4.68. The SMILES string of the molecule is CC(C)C(Nc1ccc(C(F)(F)F)cc1F)C(=O)OCc1cccc(C(=O)c2ccccc2)n1. The second-order valence-electron chi connectivity index (χ2n) is 7.88. The van der Waals surface area contributed by atoms with Crippen LogP contribution in [-0.4, -0.2) is 22.8 Å². The molecule has 34 heavy (non-hydrogen) atoms. The van der Waals surface area contributed by atoms with Crippen molar-refractivity contribution in [2.75, 3.05) is 5.32 Å². The highest BCUT2D eigenvalue weighted by Gasteiger charge is 2.32. The number of rotatable bonds is 8. The number of alkyl halides is 3. The molecule has 1 heterocycles. The molecular formula is C25H22F4N2O3. The van der Waals surface area contributed by atoms with Crippen molar-refractivity contribution in [3.8, 4) is 0 Å². The number of pyridine rings is 1. The van der Waals surface area contributed by atoms with Gasteiger partial charge in [-0.25, -0.2) is 14.2 Å². The van der Waals surface area contributed by atoms with Gasteiger partial charge in [-0.15, -0.1) is 0 Å². The lowest BCUT2D eigenvalue weighted by molar-refractivity contribution is -0.147. The van der Waals surface area contributed by atoms with Crippen LogP contribution in [0.4, 0.5) is 23.2 Å². The first kappa shape index (κ1) is 24.9. The molecule has 5 nitrogen and oxygen atoms in total. The van der Waals surface area contributed by atoms with E-state index in [-0.39, 0.29) is 29.7 Å². The number of halogens is 4. The van der Waals surface area contributed by atoms with Gasteiger partial charge < -0.3 is 10.1 Å². The van der Waals surface area contributed by atoms with Crippen LogP contribution >= 0.6 is 0 Å². The van der Waals surface area contributed by atoms with E-state index in [1.807, 2.05) is 0 Å². The van der Waals surface area contributed by atoms with Crippen LogP contribution in [0.1, 0.15) is 41.2 Å². The molecule has 178 valence electrons. The lowest BCUT2D eigenvalue weighted by atomic mass is 10.0. The number of benzene rings is 2. The van der Waals surface area contributed by atoms with E-state index in [0.717, 1.165) is 12.1 Å². The Hall–Kier alpha value is -3.75. The van der Waals surface area contributed by atoms with Gasteiger partial charge >= 0.3 is 12.1 Å². The fraction of sp³-hybridized carbons (Fsp3) is 0.240. The summed E-state index contributed by atoms with van der Waals surface area (Å²) in [6.07, 6.45) is -4.68. The quantitative estimate of drug-likeness (QED) is 0.260. The van der Waals surface area contributed by atoms with Gasteiger partial charge in [0.05, 0.1) is 16.9 Å². The zero-order valence-corrected chi connectivity index (χ0v) is 18.4. The third-order valence-electron chi connectivity index (χ3n) is 4.97. The Balaban J connectivity index is 1.68. The molecule has 0 bridgehead atoms. The molecule has 1 aromatic heterocycles. The van der Waals surface area contributed by atoms with Crippen LogP contribution in [0.3, 0.4) is 0 Å². The average molecular weight is 474 g/mol. The summed E-state index contributed by atoms with van der Waals surface area (Å²) in [6.45, 7) is 3.12. The molecule has 2 aromatic carbocycles. The van der Waals surface area contributed by atoms with Crippen LogP contribution in [0, 0.1) is 11.7 Å². The normalized spacial score (nSPS) is 12.3. The molecule has 0 aliphatic heterocycles. The molecule has 3 rings (SSSR count). The standard InChI is InChI=1S/C25H22F4N2O3/c1-15(2)22(31-20-12-11-17(13-19(20)26)25(27,28)29)24(33)34-14-18-9-6-10-21(30-18)23(32)16-7-4-3-5-8-16/h3-13,15,22,31H,14H2,1-2H3. The van der Waals surface area contributed by atoms with E-state index in [9.17, 15) is 27.2 Å². The summed E-state index contributed by atoms with van der Waals surface area (Å²) < 4.78 is 57.8. The van der Waals surface area contributed by atoms with E-state index >= 15 is 0 Å². The average Bonchev–Trinajstić information content (AvgIpc) is 2.81. The van der Waals surface area contributed by atoms with E-state index in [1.165, 1.54) is 0 Å². The van der Waals surface area contributed by atoms with Crippen molar-refractivity contribution in [2.24, 2.45) is 5.92 Å². The van der Waals surface area contributed by atoms with Crippen molar-refractivity contribution < 1.29 is 31.9 Å². The minimum absolute atomic E-state index is 0.185. The molecule has 1 N–H and O–H groups in total. The van der Waals surface area contributed by atoms with Crippen molar-refractivity contribution >= 4 is 17.4 Å². The summed E-state index contributed by atoms with van der Waals surface area (Å²) in [7, 11) is 0. The Kier molecular flexibility index (Phi) is 7.65. The monoisotopic (exact) mass is 474 g/mol. The number of hydrogen-bond donors (Lipinski definition) is 1. The molecule has 0 saturated carbocycles. The lowest BCUT2D eigenvalue weighted by Crippen LogP contribution is -2.36. The van der Waals surface area contributed by atoms with E-state index in [4.69, 9.17) is 4.74 Å². The topological polar surface area (TPSA) is 68.3 Å². The molecule has 3 aromatic rings. The summed E-state index contributed by atoms with van der Waals surface area (Å²) in [4.78, 5) is 29.5. The molecule has 1 atom stereocenters. The molecule has 0 aliphatic rings. The number of ether oxygens (including phenoxy) is 1. The van der Waals surface area contributed by atoms with Crippen molar-refractivity contribution in [3.63, 3.8) is 0 Å². The Labute approximate surface area is 193 Å². The second-order valence-corrected chi connectivity index (χ2v) is 7.88. The van der Waals surface area contributed by atoms with Gasteiger partial charge in [-0.2, -0.15) is 13.2 Å². The zero-order chi connectivity index (χ0) is 24.9. The van der Waals surface area contributed by atoms with Crippen LogP contribution in [-0.2, 0) is 22.3 Å². The van der Waals surface area contributed by atoms with Crippen molar-refractivity contribution in [3.05, 3.63) is 95.1 Å². The lowest BCUT2D eigenvalue weighted by Gasteiger charge is -2.22. The Morgan fingerprint density at radius 3 is 2.32 bits per heavy atom. The minimum Gasteiger partial charge on any atom is -0.458 e. The van der Waals surface area contributed by atoms with Gasteiger partial charge in [-0.3, -0.25) is 4.79 Å². The maximum absolute atomic E-state index is 14.2. The van der Waals surface area contributed by atoms with Crippen molar-refractivity contribution in [2.45, 2.75) is 32.7 Å². The van der Waals surface area contributed by atoms with Crippen molar-refractivity contribution in [1.29, 1.82) is 0 Å². The van der Waals surface area contributed by atoms with Gasteiger partial charge in [0.15, 0.2) is 0 Å². The summed E-state index contributed by atoms with van der Waals surface area (Å²) in [6, 6.07) is 14.3. The molecule has 0 saturated heterocycles. The Morgan fingerprint density at radius 1 is 1.00 bits per heavy atom. The molecule has 9 heteroatoms. The van der Waals surface area contributed by atoms with Crippen LogP contribution in [0.15, 0.2) is 66.7 Å². The number of esters is 1. The van der Waals surface area contributed by atoms with E-state index in [0.29, 0.717) is 17.3 Å². The number of hydrogen-bond acceptors (Lipinski definition) is 5. The first-order valence-electron chi connectivity index (χ1n) is 10.4. The Morgan fingerprint density at radius 2 is 1.71 bits per heavy atom. The summed E-state index contributed by atoms with van der Waals surface area (Å²) in [5.74, 6) is -2.53. The highest BCUT2D eigenvalue weighted by atomic mass is 19.4. The summed E-state index contributed by atoms with van der Waals surface area (Å²) in [5.41, 5.74) is -0.400. The number of nitrogens with zero attached hydrogens (tertiary/aromatic N) is 1. The van der Waals surface area contributed by atoms with Crippen LogP contribution < -0.4 is 5.32 Å². The smallest absolute Gasteiger partial charge is 0.416 e. The van der Waals surface area contributed by atoms with Gasteiger partial charge in [-0.05, 0) is 36.2 Å². The van der Waals surface area contributed by atoms with Gasteiger partial charge in [-0.1, -0.05) is 50.2 Å². The number of aromatic nitrogens is 1. The predicted molar refractivity (Wildman–Crippen MR) is 118 cm³/mol. The third-order valence-corrected chi connectivity index (χ3v) is 4.97. The zero-order valence-electron chi connectivity index (χ0n) is 18.4. The Bertz CT molecular complexity index is 1160. The largest absolute Gasteiger partial charge is 0.458 e. The van der Waals surface area contributed by atoms with E-state index < -0.39 is 29.6 Å². The second kappa shape index (κ2) is 10.5. The molecule has 0 aliphatic carbocycles. The maximum Gasteiger partial charge on any atom is 0.416 e. The highest BCUT2D eigenvalue weighted by molar-refractivity contribution is 6.07.